The average Bonchev–Trinajstić information content (AvgIpc) is 2.80. The molecule has 0 aromatic heterocycles. The standard InChI is InChI=1S/C26H28N2O2/c1-20-7-11-23(12-8-20)25(22-5-3-2-4-6-22)27-26(29)24-13-9-21(10-14-24)19-28-15-17-30-18-16-28/h2-14,25H,15-19H2,1H3,(H,27,29). The van der Waals surface area contributed by atoms with Crippen molar-refractivity contribution in [1.82, 2.24) is 10.2 Å². The minimum Gasteiger partial charge on any atom is -0.379 e. The van der Waals surface area contributed by atoms with Crippen LogP contribution in [0.2, 0.25) is 0 Å². The fourth-order valence-electron chi connectivity index (χ4n) is 3.76. The van der Waals surface area contributed by atoms with Crippen LogP contribution in [0.25, 0.3) is 0 Å². The van der Waals surface area contributed by atoms with Crippen molar-refractivity contribution >= 4 is 5.91 Å². The van der Waals surface area contributed by atoms with Crippen molar-refractivity contribution in [3.63, 3.8) is 0 Å². The van der Waals surface area contributed by atoms with Crippen molar-refractivity contribution in [3.8, 4) is 0 Å². The van der Waals surface area contributed by atoms with Crippen LogP contribution < -0.4 is 5.32 Å². The molecule has 3 aromatic rings. The van der Waals surface area contributed by atoms with Gasteiger partial charge in [0.15, 0.2) is 0 Å². The number of nitrogens with zero attached hydrogens (tertiary/aromatic N) is 1. The zero-order valence-corrected chi connectivity index (χ0v) is 17.4. The lowest BCUT2D eigenvalue weighted by molar-refractivity contribution is 0.0342. The highest BCUT2D eigenvalue weighted by Gasteiger charge is 2.18. The number of hydrogen-bond donors (Lipinski definition) is 1. The van der Waals surface area contributed by atoms with Gasteiger partial charge in [0.25, 0.3) is 5.91 Å². The number of rotatable bonds is 6. The molecular weight excluding hydrogens is 372 g/mol. The molecule has 4 nitrogen and oxygen atoms in total. The summed E-state index contributed by atoms with van der Waals surface area (Å²) in [6, 6.07) is 26.2. The van der Waals surface area contributed by atoms with Crippen molar-refractivity contribution in [2.24, 2.45) is 0 Å². The van der Waals surface area contributed by atoms with Crippen LogP contribution >= 0.6 is 0 Å². The van der Waals surface area contributed by atoms with Crippen LogP contribution in [0.5, 0.6) is 0 Å². The molecule has 1 atom stereocenters. The van der Waals surface area contributed by atoms with Gasteiger partial charge in [-0.3, -0.25) is 9.69 Å². The Hall–Kier alpha value is -2.95. The molecule has 1 fully saturated rings. The second kappa shape index (κ2) is 9.70. The largest absolute Gasteiger partial charge is 0.379 e. The number of morpholine rings is 1. The molecule has 1 aliphatic heterocycles. The quantitative estimate of drug-likeness (QED) is 0.669. The van der Waals surface area contributed by atoms with Gasteiger partial charge in [0.05, 0.1) is 19.3 Å². The summed E-state index contributed by atoms with van der Waals surface area (Å²) in [5, 5.41) is 3.22. The molecule has 4 heteroatoms. The summed E-state index contributed by atoms with van der Waals surface area (Å²) in [6.07, 6.45) is 0. The van der Waals surface area contributed by atoms with E-state index in [2.05, 4.69) is 53.5 Å². The van der Waals surface area contributed by atoms with E-state index in [-0.39, 0.29) is 11.9 Å². The van der Waals surface area contributed by atoms with Crippen molar-refractivity contribution in [2.45, 2.75) is 19.5 Å². The summed E-state index contributed by atoms with van der Waals surface area (Å²) in [7, 11) is 0. The summed E-state index contributed by atoms with van der Waals surface area (Å²) < 4.78 is 5.41. The molecule has 1 heterocycles. The summed E-state index contributed by atoms with van der Waals surface area (Å²) in [5.41, 5.74) is 5.23. The van der Waals surface area contributed by atoms with E-state index in [9.17, 15) is 4.79 Å². The third-order valence-corrected chi connectivity index (χ3v) is 5.55. The zero-order chi connectivity index (χ0) is 20.8. The normalized spacial score (nSPS) is 15.5. The van der Waals surface area contributed by atoms with Crippen molar-refractivity contribution in [1.29, 1.82) is 0 Å². The molecule has 0 spiro atoms. The molecule has 1 unspecified atom stereocenters. The van der Waals surface area contributed by atoms with Gasteiger partial charge in [-0.25, -0.2) is 0 Å². The van der Waals surface area contributed by atoms with Gasteiger partial charge in [0.2, 0.25) is 0 Å². The maximum Gasteiger partial charge on any atom is 0.252 e. The number of carbonyl (C=O) groups is 1. The Morgan fingerprint density at radius 1 is 0.900 bits per heavy atom. The molecule has 0 saturated carbocycles. The minimum absolute atomic E-state index is 0.0673. The Morgan fingerprint density at radius 2 is 1.53 bits per heavy atom. The number of ether oxygens (including phenoxy) is 1. The summed E-state index contributed by atoms with van der Waals surface area (Å²) in [6.45, 7) is 6.45. The van der Waals surface area contributed by atoms with Crippen LogP contribution in [-0.2, 0) is 11.3 Å². The van der Waals surface area contributed by atoms with Gasteiger partial charge in [0.1, 0.15) is 0 Å². The number of carbonyl (C=O) groups excluding carboxylic acids is 1. The number of benzene rings is 3. The molecule has 0 radical (unpaired) electrons. The molecule has 0 aliphatic carbocycles. The van der Waals surface area contributed by atoms with Gasteiger partial charge in [0, 0.05) is 25.2 Å². The number of amides is 1. The van der Waals surface area contributed by atoms with Gasteiger partial charge < -0.3 is 10.1 Å². The van der Waals surface area contributed by atoms with Crippen LogP contribution in [-0.4, -0.2) is 37.1 Å². The van der Waals surface area contributed by atoms with E-state index < -0.39 is 0 Å². The van der Waals surface area contributed by atoms with E-state index in [4.69, 9.17) is 4.74 Å². The van der Waals surface area contributed by atoms with Gasteiger partial charge in [-0.1, -0.05) is 72.3 Å². The SMILES string of the molecule is Cc1ccc(C(NC(=O)c2ccc(CN3CCOCC3)cc2)c2ccccc2)cc1. The molecule has 30 heavy (non-hydrogen) atoms. The predicted octanol–water partition coefficient (Wildman–Crippen LogP) is 4.35. The van der Waals surface area contributed by atoms with Gasteiger partial charge in [-0.05, 0) is 35.7 Å². The van der Waals surface area contributed by atoms with Crippen molar-refractivity contribution in [2.75, 3.05) is 26.3 Å². The van der Waals surface area contributed by atoms with E-state index in [1.807, 2.05) is 42.5 Å². The highest BCUT2D eigenvalue weighted by atomic mass is 16.5. The summed E-state index contributed by atoms with van der Waals surface area (Å²) in [5.74, 6) is -0.0673. The Labute approximate surface area is 178 Å². The maximum absolute atomic E-state index is 13.0. The Morgan fingerprint density at radius 3 is 2.20 bits per heavy atom. The number of aryl methyl sites for hydroxylation is 1. The first-order valence-electron chi connectivity index (χ1n) is 10.5. The third-order valence-electron chi connectivity index (χ3n) is 5.55. The summed E-state index contributed by atoms with van der Waals surface area (Å²) in [4.78, 5) is 15.4. The highest BCUT2D eigenvalue weighted by molar-refractivity contribution is 5.94. The smallest absolute Gasteiger partial charge is 0.252 e. The third kappa shape index (κ3) is 5.15. The Balaban J connectivity index is 1.48. The van der Waals surface area contributed by atoms with Crippen molar-refractivity contribution in [3.05, 3.63) is 107 Å². The van der Waals surface area contributed by atoms with Gasteiger partial charge in [-0.2, -0.15) is 0 Å². The lowest BCUT2D eigenvalue weighted by Gasteiger charge is -2.26. The lowest BCUT2D eigenvalue weighted by Crippen LogP contribution is -2.35. The first-order chi connectivity index (χ1) is 14.7. The fraction of sp³-hybridized carbons (Fsp3) is 0.269. The topological polar surface area (TPSA) is 41.6 Å². The molecule has 1 saturated heterocycles. The first-order valence-corrected chi connectivity index (χ1v) is 10.5. The fourth-order valence-corrected chi connectivity index (χ4v) is 3.76. The van der Waals surface area contributed by atoms with E-state index in [1.165, 1.54) is 11.1 Å². The van der Waals surface area contributed by atoms with Gasteiger partial charge >= 0.3 is 0 Å². The average molecular weight is 401 g/mol. The van der Waals surface area contributed by atoms with E-state index in [0.29, 0.717) is 5.56 Å². The van der Waals surface area contributed by atoms with Crippen LogP contribution in [0.3, 0.4) is 0 Å². The molecule has 3 aromatic carbocycles. The number of hydrogen-bond acceptors (Lipinski definition) is 3. The Kier molecular flexibility index (Phi) is 6.57. The van der Waals surface area contributed by atoms with Crippen LogP contribution in [0.4, 0.5) is 0 Å². The molecule has 0 bridgehead atoms. The molecule has 4 rings (SSSR count). The Bertz CT molecular complexity index is 947. The van der Waals surface area contributed by atoms with E-state index in [0.717, 1.165) is 44.0 Å². The molecule has 1 aliphatic rings. The van der Waals surface area contributed by atoms with Crippen LogP contribution in [0.15, 0.2) is 78.9 Å². The van der Waals surface area contributed by atoms with Crippen LogP contribution in [0, 0.1) is 6.92 Å². The molecule has 154 valence electrons. The van der Waals surface area contributed by atoms with Crippen molar-refractivity contribution < 1.29 is 9.53 Å². The zero-order valence-electron chi connectivity index (χ0n) is 17.4. The highest BCUT2D eigenvalue weighted by Crippen LogP contribution is 2.23. The lowest BCUT2D eigenvalue weighted by atomic mass is 9.97. The second-order valence-corrected chi connectivity index (χ2v) is 7.81. The molecular formula is C26H28N2O2. The van der Waals surface area contributed by atoms with E-state index >= 15 is 0 Å². The predicted molar refractivity (Wildman–Crippen MR) is 119 cm³/mol. The molecule has 1 N–H and O–H groups in total. The number of nitrogens with one attached hydrogen (secondary N) is 1. The summed E-state index contributed by atoms with van der Waals surface area (Å²) >= 11 is 0. The first kappa shape index (κ1) is 20.3. The monoisotopic (exact) mass is 400 g/mol. The van der Waals surface area contributed by atoms with Crippen LogP contribution in [0.1, 0.15) is 38.7 Å². The molecule has 1 amide bonds. The minimum atomic E-state index is -0.188. The second-order valence-electron chi connectivity index (χ2n) is 7.81. The maximum atomic E-state index is 13.0. The van der Waals surface area contributed by atoms with E-state index in [1.54, 1.807) is 0 Å². The van der Waals surface area contributed by atoms with Gasteiger partial charge in [-0.15, -0.1) is 0 Å².